The Kier molecular flexibility index (Phi) is 3.92. The zero-order valence-electron chi connectivity index (χ0n) is 15.1. The van der Waals surface area contributed by atoms with Crippen LogP contribution in [0.3, 0.4) is 0 Å². The van der Waals surface area contributed by atoms with Gasteiger partial charge in [-0.15, -0.1) is 0 Å². The average Bonchev–Trinajstić information content (AvgIpc) is 2.95. The van der Waals surface area contributed by atoms with Crippen LogP contribution in [0, 0.1) is 13.8 Å². The highest BCUT2D eigenvalue weighted by Gasteiger charge is 2.20. The van der Waals surface area contributed by atoms with Crippen LogP contribution in [-0.2, 0) is 6.54 Å². The second-order valence-corrected chi connectivity index (χ2v) is 6.63. The number of imidazole rings is 1. The smallest absolute Gasteiger partial charge is 0.272 e. The fourth-order valence-electron chi connectivity index (χ4n) is 3.21. The van der Waals surface area contributed by atoms with E-state index in [2.05, 4.69) is 9.97 Å². The number of nitrogens with zero attached hydrogens (tertiary/aromatic N) is 4. The molecule has 0 aliphatic heterocycles. The third-order valence-corrected chi connectivity index (χ3v) is 4.56. The Hall–Kier alpha value is -3.21. The van der Waals surface area contributed by atoms with Crippen molar-refractivity contribution in [3.8, 4) is 0 Å². The molecule has 0 saturated carbocycles. The predicted octanol–water partition coefficient (Wildman–Crippen LogP) is 3.77. The van der Waals surface area contributed by atoms with Crippen molar-refractivity contribution in [3.63, 3.8) is 0 Å². The maximum Gasteiger partial charge on any atom is 0.272 e. The van der Waals surface area contributed by atoms with Crippen LogP contribution >= 0.6 is 0 Å². The Morgan fingerprint density at radius 1 is 1.08 bits per heavy atom. The molecular formula is C21H20N4O. The summed E-state index contributed by atoms with van der Waals surface area (Å²) in [6.45, 7) is 4.34. The molecule has 0 aliphatic rings. The minimum Gasteiger partial charge on any atom is -0.334 e. The first-order chi connectivity index (χ1) is 12.5. The number of rotatable bonds is 3. The number of amides is 1. The summed E-state index contributed by atoms with van der Waals surface area (Å²) in [4.78, 5) is 23.9. The van der Waals surface area contributed by atoms with Gasteiger partial charge in [0.1, 0.15) is 11.3 Å². The van der Waals surface area contributed by atoms with E-state index in [0.717, 1.165) is 33.5 Å². The van der Waals surface area contributed by atoms with Crippen molar-refractivity contribution in [2.75, 3.05) is 7.05 Å². The summed E-state index contributed by atoms with van der Waals surface area (Å²) >= 11 is 0. The summed E-state index contributed by atoms with van der Waals surface area (Å²) < 4.78 is 1.86. The second kappa shape index (κ2) is 6.26. The van der Waals surface area contributed by atoms with Gasteiger partial charge in [0, 0.05) is 18.6 Å². The Morgan fingerprint density at radius 3 is 2.73 bits per heavy atom. The lowest BCUT2D eigenvalue weighted by Crippen LogP contribution is -2.28. The number of para-hydroxylation sites is 1. The number of aryl methyl sites for hydroxylation is 2. The molecule has 1 amide bonds. The molecule has 4 rings (SSSR count). The number of hydrogen-bond acceptors (Lipinski definition) is 3. The molecule has 26 heavy (non-hydrogen) atoms. The average molecular weight is 344 g/mol. The van der Waals surface area contributed by atoms with Crippen molar-refractivity contribution >= 4 is 22.5 Å². The molecular weight excluding hydrogens is 324 g/mol. The first-order valence-electron chi connectivity index (χ1n) is 8.58. The maximum absolute atomic E-state index is 13.0. The number of hydrogen-bond donors (Lipinski definition) is 0. The highest BCUT2D eigenvalue weighted by molar-refractivity contribution is 5.94. The highest BCUT2D eigenvalue weighted by atomic mass is 16.2. The molecule has 3 heterocycles. The Morgan fingerprint density at radius 2 is 1.88 bits per heavy atom. The molecule has 0 atom stereocenters. The molecule has 5 nitrogen and oxygen atoms in total. The lowest BCUT2D eigenvalue weighted by molar-refractivity contribution is 0.0776. The summed E-state index contributed by atoms with van der Waals surface area (Å²) in [6.07, 6.45) is 1.90. The van der Waals surface area contributed by atoms with E-state index >= 15 is 0 Å². The second-order valence-electron chi connectivity index (χ2n) is 6.63. The maximum atomic E-state index is 13.0. The van der Waals surface area contributed by atoms with Crippen molar-refractivity contribution < 1.29 is 4.79 Å². The van der Waals surface area contributed by atoms with Gasteiger partial charge in [-0.25, -0.2) is 4.98 Å². The molecule has 130 valence electrons. The van der Waals surface area contributed by atoms with Gasteiger partial charge in [0.25, 0.3) is 5.91 Å². The topological polar surface area (TPSA) is 50.5 Å². The van der Waals surface area contributed by atoms with Gasteiger partial charge in [0.15, 0.2) is 0 Å². The number of pyridine rings is 2. The summed E-state index contributed by atoms with van der Waals surface area (Å²) in [5, 5.41) is 1.10. The van der Waals surface area contributed by atoms with Gasteiger partial charge >= 0.3 is 0 Å². The summed E-state index contributed by atoms with van der Waals surface area (Å²) in [5.41, 5.74) is 5.05. The predicted molar refractivity (Wildman–Crippen MR) is 102 cm³/mol. The van der Waals surface area contributed by atoms with Gasteiger partial charge in [-0.2, -0.15) is 0 Å². The van der Waals surface area contributed by atoms with Crippen LogP contribution in [-0.4, -0.2) is 32.2 Å². The quantitative estimate of drug-likeness (QED) is 0.568. The van der Waals surface area contributed by atoms with E-state index < -0.39 is 0 Å². The lowest BCUT2D eigenvalue weighted by atomic mass is 10.2. The van der Waals surface area contributed by atoms with E-state index in [1.165, 1.54) is 0 Å². The standard InChI is InChI=1S/C21H20N4O/c1-14-10-11-25-19(12-14)22-15(2)20(25)21(26)24(3)13-17-9-8-16-6-4-5-7-18(16)23-17/h4-12H,13H2,1-3H3. The van der Waals surface area contributed by atoms with Gasteiger partial charge < -0.3 is 4.90 Å². The van der Waals surface area contributed by atoms with Crippen LogP contribution in [0.4, 0.5) is 0 Å². The summed E-state index contributed by atoms with van der Waals surface area (Å²) in [7, 11) is 1.80. The fraction of sp³-hybridized carbons (Fsp3) is 0.190. The van der Waals surface area contributed by atoms with Gasteiger partial charge in [-0.3, -0.25) is 14.2 Å². The van der Waals surface area contributed by atoms with E-state index in [1.807, 2.05) is 73.0 Å². The van der Waals surface area contributed by atoms with Gasteiger partial charge in [0.05, 0.1) is 23.4 Å². The van der Waals surface area contributed by atoms with Crippen molar-refractivity contribution in [1.29, 1.82) is 0 Å². The van der Waals surface area contributed by atoms with Crippen molar-refractivity contribution in [1.82, 2.24) is 19.3 Å². The summed E-state index contributed by atoms with van der Waals surface area (Å²) in [5.74, 6) is -0.0613. The normalized spacial score (nSPS) is 11.2. The zero-order chi connectivity index (χ0) is 18.3. The number of benzene rings is 1. The molecule has 0 radical (unpaired) electrons. The van der Waals surface area contributed by atoms with Crippen molar-refractivity contribution in [2.24, 2.45) is 0 Å². The van der Waals surface area contributed by atoms with Crippen molar-refractivity contribution in [2.45, 2.75) is 20.4 Å². The number of carbonyl (C=O) groups excluding carboxylic acids is 1. The van der Waals surface area contributed by atoms with E-state index in [4.69, 9.17) is 0 Å². The van der Waals surface area contributed by atoms with Crippen LogP contribution in [0.2, 0.25) is 0 Å². The van der Waals surface area contributed by atoms with E-state index in [1.54, 1.807) is 11.9 Å². The SMILES string of the molecule is Cc1ccn2c(C(=O)N(C)Cc3ccc4ccccc4n3)c(C)nc2c1. The van der Waals surface area contributed by atoms with E-state index in [9.17, 15) is 4.79 Å². The first-order valence-corrected chi connectivity index (χ1v) is 8.58. The van der Waals surface area contributed by atoms with Gasteiger partial charge in [-0.05, 0) is 43.7 Å². The molecule has 0 unspecified atom stereocenters. The molecule has 3 aromatic heterocycles. The lowest BCUT2D eigenvalue weighted by Gasteiger charge is -2.17. The van der Waals surface area contributed by atoms with Gasteiger partial charge in [0.2, 0.25) is 0 Å². The largest absolute Gasteiger partial charge is 0.334 e. The van der Waals surface area contributed by atoms with Crippen LogP contribution in [0.5, 0.6) is 0 Å². The molecule has 0 saturated heterocycles. The minimum absolute atomic E-state index is 0.0613. The molecule has 0 N–H and O–H groups in total. The molecule has 0 aliphatic carbocycles. The van der Waals surface area contributed by atoms with Crippen LogP contribution in [0.1, 0.15) is 27.4 Å². The van der Waals surface area contributed by atoms with E-state index in [-0.39, 0.29) is 5.91 Å². The Bertz CT molecular complexity index is 1130. The molecule has 4 aromatic rings. The number of fused-ring (bicyclic) bond motifs is 2. The van der Waals surface area contributed by atoms with Crippen molar-refractivity contribution in [3.05, 3.63) is 77.4 Å². The number of carbonyl (C=O) groups is 1. The molecule has 5 heteroatoms. The van der Waals surface area contributed by atoms with Crippen LogP contribution in [0.15, 0.2) is 54.7 Å². The van der Waals surface area contributed by atoms with Crippen LogP contribution in [0.25, 0.3) is 16.6 Å². The molecule has 0 spiro atoms. The van der Waals surface area contributed by atoms with Crippen LogP contribution < -0.4 is 0 Å². The van der Waals surface area contributed by atoms with E-state index in [0.29, 0.717) is 12.2 Å². The third-order valence-electron chi connectivity index (χ3n) is 4.56. The zero-order valence-corrected chi connectivity index (χ0v) is 15.1. The minimum atomic E-state index is -0.0613. The Labute approximate surface area is 151 Å². The monoisotopic (exact) mass is 344 g/mol. The third kappa shape index (κ3) is 2.81. The molecule has 1 aromatic carbocycles. The number of aromatic nitrogens is 3. The molecule has 0 fully saturated rings. The van der Waals surface area contributed by atoms with Gasteiger partial charge in [-0.1, -0.05) is 24.3 Å². The first kappa shape index (κ1) is 16.3. The summed E-state index contributed by atoms with van der Waals surface area (Å²) in [6, 6.07) is 16.0. The fourth-order valence-corrected chi connectivity index (χ4v) is 3.21. The highest BCUT2D eigenvalue weighted by Crippen LogP contribution is 2.17. The Balaban J connectivity index is 1.64. The molecule has 0 bridgehead atoms.